The van der Waals surface area contributed by atoms with Gasteiger partial charge in [0.15, 0.2) is 11.5 Å². The molecule has 0 radical (unpaired) electrons. The van der Waals surface area contributed by atoms with E-state index >= 15 is 0 Å². The molecule has 1 atom stereocenters. The van der Waals surface area contributed by atoms with Gasteiger partial charge < -0.3 is 24.3 Å². The summed E-state index contributed by atoms with van der Waals surface area (Å²) in [5.74, 6) is 3.12. The van der Waals surface area contributed by atoms with Crippen molar-refractivity contribution in [2.45, 2.75) is 17.9 Å². The highest BCUT2D eigenvalue weighted by atomic mass is 32.2. The minimum atomic E-state index is -0.181. The maximum atomic E-state index is 12.4. The highest BCUT2D eigenvalue weighted by Crippen LogP contribution is 2.34. The number of carbonyl (C=O) groups is 1. The van der Waals surface area contributed by atoms with Crippen molar-refractivity contribution in [3.63, 3.8) is 0 Å². The summed E-state index contributed by atoms with van der Waals surface area (Å²) < 4.78 is 21.7. The van der Waals surface area contributed by atoms with E-state index in [4.69, 9.17) is 18.9 Å². The molecule has 1 N–H and O–H groups in total. The molecule has 3 rings (SSSR count). The Morgan fingerprint density at radius 3 is 2.63 bits per heavy atom. The summed E-state index contributed by atoms with van der Waals surface area (Å²) in [6, 6.07) is 11.1. The lowest BCUT2D eigenvalue weighted by Gasteiger charge is -2.19. The number of benzene rings is 2. The van der Waals surface area contributed by atoms with Crippen LogP contribution in [0.5, 0.6) is 23.0 Å². The molecule has 0 spiro atoms. The summed E-state index contributed by atoms with van der Waals surface area (Å²) in [5, 5.41) is 3.00. The molecule has 1 amide bonds. The lowest BCUT2D eigenvalue weighted by atomic mass is 10.1. The van der Waals surface area contributed by atoms with E-state index in [9.17, 15) is 4.79 Å². The summed E-state index contributed by atoms with van der Waals surface area (Å²) in [6.45, 7) is 3.04. The molecule has 2 aromatic carbocycles. The van der Waals surface area contributed by atoms with Gasteiger partial charge in [0.25, 0.3) is 0 Å². The first-order chi connectivity index (χ1) is 13.1. The molecular formula is C20H23NO5S. The van der Waals surface area contributed by atoms with Gasteiger partial charge in [-0.15, -0.1) is 11.8 Å². The Balaban J connectivity index is 1.57. The predicted molar refractivity (Wildman–Crippen MR) is 104 cm³/mol. The number of amides is 1. The van der Waals surface area contributed by atoms with Gasteiger partial charge in [0.05, 0.1) is 26.0 Å². The lowest BCUT2D eigenvalue weighted by molar-refractivity contribution is -0.119. The van der Waals surface area contributed by atoms with E-state index in [1.165, 1.54) is 11.8 Å². The molecular weight excluding hydrogens is 366 g/mol. The maximum absolute atomic E-state index is 12.4. The summed E-state index contributed by atoms with van der Waals surface area (Å²) >= 11 is 1.46. The first-order valence-corrected chi connectivity index (χ1v) is 9.63. The van der Waals surface area contributed by atoms with Crippen molar-refractivity contribution >= 4 is 17.7 Å². The number of nitrogens with one attached hydrogen (secondary N) is 1. The number of fused-ring (bicyclic) bond motifs is 1. The van der Waals surface area contributed by atoms with E-state index in [1.54, 1.807) is 14.2 Å². The minimum Gasteiger partial charge on any atom is -0.497 e. The largest absolute Gasteiger partial charge is 0.497 e. The number of rotatable bonds is 7. The van der Waals surface area contributed by atoms with Crippen LogP contribution >= 0.6 is 11.8 Å². The topological polar surface area (TPSA) is 66.0 Å². The van der Waals surface area contributed by atoms with E-state index < -0.39 is 0 Å². The zero-order valence-electron chi connectivity index (χ0n) is 15.6. The van der Waals surface area contributed by atoms with E-state index in [-0.39, 0.29) is 11.9 Å². The van der Waals surface area contributed by atoms with Gasteiger partial charge in [-0.1, -0.05) is 0 Å². The smallest absolute Gasteiger partial charge is 0.230 e. The maximum Gasteiger partial charge on any atom is 0.230 e. The van der Waals surface area contributed by atoms with Crippen LogP contribution in [-0.2, 0) is 4.79 Å². The van der Waals surface area contributed by atoms with Crippen molar-refractivity contribution in [3.8, 4) is 23.0 Å². The highest BCUT2D eigenvalue weighted by Gasteiger charge is 2.16. The van der Waals surface area contributed by atoms with Gasteiger partial charge >= 0.3 is 0 Å². The number of hydrogen-bond donors (Lipinski definition) is 1. The fourth-order valence-corrected chi connectivity index (χ4v) is 3.54. The van der Waals surface area contributed by atoms with Crippen LogP contribution in [0.15, 0.2) is 41.3 Å². The number of methoxy groups -OCH3 is 2. The van der Waals surface area contributed by atoms with Crippen LogP contribution < -0.4 is 24.3 Å². The van der Waals surface area contributed by atoms with Crippen LogP contribution in [0.4, 0.5) is 0 Å². The van der Waals surface area contributed by atoms with Crippen molar-refractivity contribution in [3.05, 3.63) is 42.0 Å². The number of thioether (sulfide) groups is 1. The third-order valence-corrected chi connectivity index (χ3v) is 5.16. The van der Waals surface area contributed by atoms with Crippen molar-refractivity contribution in [2.75, 3.05) is 33.2 Å². The monoisotopic (exact) mass is 389 g/mol. The molecule has 0 aliphatic carbocycles. The van der Waals surface area contributed by atoms with Gasteiger partial charge in [0.1, 0.15) is 24.7 Å². The van der Waals surface area contributed by atoms with Crippen molar-refractivity contribution in [1.29, 1.82) is 0 Å². The van der Waals surface area contributed by atoms with Crippen LogP contribution in [0, 0.1) is 0 Å². The zero-order chi connectivity index (χ0) is 19.2. The fraction of sp³-hybridized carbons (Fsp3) is 0.350. The Labute approximate surface area is 163 Å². The number of ether oxygens (including phenoxy) is 4. The Morgan fingerprint density at radius 1 is 1.11 bits per heavy atom. The van der Waals surface area contributed by atoms with Gasteiger partial charge in [0.2, 0.25) is 5.91 Å². The molecule has 0 bridgehead atoms. The standard InChI is InChI=1S/C20H23NO5S/c1-13(16-6-4-14(23-2)10-18(16)24-3)21-20(22)12-27-15-5-7-17-19(11-15)26-9-8-25-17/h4-7,10-11,13H,8-9,12H2,1-3H3,(H,21,22). The van der Waals surface area contributed by atoms with Crippen LogP contribution in [0.1, 0.15) is 18.5 Å². The van der Waals surface area contributed by atoms with Crippen LogP contribution in [0.3, 0.4) is 0 Å². The highest BCUT2D eigenvalue weighted by molar-refractivity contribution is 8.00. The third-order valence-electron chi connectivity index (χ3n) is 4.17. The van der Waals surface area contributed by atoms with E-state index in [2.05, 4.69) is 5.32 Å². The second-order valence-corrected chi connectivity index (χ2v) is 7.04. The van der Waals surface area contributed by atoms with Crippen molar-refractivity contribution in [2.24, 2.45) is 0 Å². The Morgan fingerprint density at radius 2 is 1.89 bits per heavy atom. The van der Waals surface area contributed by atoms with Crippen LogP contribution in [-0.4, -0.2) is 39.1 Å². The number of hydrogen-bond acceptors (Lipinski definition) is 6. The molecule has 0 fully saturated rings. The van der Waals surface area contributed by atoms with Gasteiger partial charge in [0, 0.05) is 16.5 Å². The molecule has 0 saturated carbocycles. The Bertz CT molecular complexity index is 811. The minimum absolute atomic E-state index is 0.0553. The molecule has 1 unspecified atom stereocenters. The SMILES string of the molecule is COc1ccc(C(C)NC(=O)CSc2ccc3c(c2)OCCO3)c(OC)c1. The van der Waals surface area contributed by atoms with Crippen LogP contribution in [0.25, 0.3) is 0 Å². The normalized spacial score (nSPS) is 13.6. The van der Waals surface area contributed by atoms with E-state index in [0.29, 0.717) is 30.5 Å². The first-order valence-electron chi connectivity index (χ1n) is 8.64. The molecule has 1 heterocycles. The number of carbonyl (C=O) groups excluding carboxylic acids is 1. The fourth-order valence-electron chi connectivity index (χ4n) is 2.80. The molecule has 6 nitrogen and oxygen atoms in total. The van der Waals surface area contributed by atoms with Gasteiger partial charge in [-0.25, -0.2) is 0 Å². The van der Waals surface area contributed by atoms with E-state index in [1.807, 2.05) is 43.3 Å². The van der Waals surface area contributed by atoms with E-state index in [0.717, 1.165) is 22.0 Å². The van der Waals surface area contributed by atoms with Gasteiger partial charge in [-0.2, -0.15) is 0 Å². The quantitative estimate of drug-likeness (QED) is 0.732. The first kappa shape index (κ1) is 19.2. The predicted octanol–water partition coefficient (Wildman–Crippen LogP) is 3.44. The lowest BCUT2D eigenvalue weighted by Crippen LogP contribution is -2.28. The summed E-state index contributed by atoms with van der Waals surface area (Å²) in [4.78, 5) is 13.3. The summed E-state index contributed by atoms with van der Waals surface area (Å²) in [5.41, 5.74) is 0.899. The second kappa shape index (κ2) is 8.90. The molecule has 27 heavy (non-hydrogen) atoms. The molecule has 1 aliphatic rings. The van der Waals surface area contributed by atoms with Crippen LogP contribution in [0.2, 0.25) is 0 Å². The molecule has 1 aliphatic heterocycles. The average molecular weight is 389 g/mol. The molecule has 0 saturated heterocycles. The molecule has 144 valence electrons. The second-order valence-electron chi connectivity index (χ2n) is 5.99. The summed E-state index contributed by atoms with van der Waals surface area (Å²) in [6.07, 6.45) is 0. The average Bonchev–Trinajstić information content (AvgIpc) is 2.71. The van der Waals surface area contributed by atoms with Gasteiger partial charge in [-0.05, 0) is 37.3 Å². The molecule has 7 heteroatoms. The zero-order valence-corrected chi connectivity index (χ0v) is 16.4. The molecule has 0 aromatic heterocycles. The Hall–Kier alpha value is -2.54. The van der Waals surface area contributed by atoms with Crippen molar-refractivity contribution < 1.29 is 23.7 Å². The third kappa shape index (κ3) is 4.80. The Kier molecular flexibility index (Phi) is 6.34. The van der Waals surface area contributed by atoms with Gasteiger partial charge in [-0.3, -0.25) is 4.79 Å². The summed E-state index contributed by atoms with van der Waals surface area (Å²) in [7, 11) is 3.21. The molecule has 2 aromatic rings. The van der Waals surface area contributed by atoms with Crippen molar-refractivity contribution in [1.82, 2.24) is 5.32 Å².